The Hall–Kier alpha value is -1.46. The lowest BCUT2D eigenvalue weighted by molar-refractivity contribution is 0.0958. The number of amides is 2. The van der Waals surface area contributed by atoms with E-state index in [1.165, 1.54) is 0 Å². The number of rotatable bonds is 7. The lowest BCUT2D eigenvalue weighted by Gasteiger charge is -2.07. The fourth-order valence-corrected chi connectivity index (χ4v) is 0.825. The molecule has 6 heteroatoms. The average Bonchev–Trinajstić information content (AvgIpc) is 2.29. The van der Waals surface area contributed by atoms with Crippen molar-refractivity contribution < 1.29 is 19.1 Å². The third kappa shape index (κ3) is 9.11. The lowest BCUT2D eigenvalue weighted by atomic mass is 10.5. The average molecular weight is 232 g/mol. The fourth-order valence-electron chi connectivity index (χ4n) is 0.825. The van der Waals surface area contributed by atoms with E-state index in [0.717, 1.165) is 12.8 Å². The Balaban J connectivity index is 3.31. The molecule has 0 aromatic carbocycles. The first-order valence-corrected chi connectivity index (χ1v) is 5.52. The second-order valence-electron chi connectivity index (χ2n) is 3.13. The molecule has 94 valence electrons. The van der Waals surface area contributed by atoms with Crippen molar-refractivity contribution in [1.82, 2.24) is 10.6 Å². The van der Waals surface area contributed by atoms with Gasteiger partial charge in [0.15, 0.2) is 0 Å². The summed E-state index contributed by atoms with van der Waals surface area (Å²) in [5.74, 6) is 0. The fraction of sp³-hybridized carbons (Fsp3) is 0.800. The van der Waals surface area contributed by atoms with Gasteiger partial charge in [-0.2, -0.15) is 0 Å². The van der Waals surface area contributed by atoms with Crippen LogP contribution >= 0.6 is 0 Å². The van der Waals surface area contributed by atoms with E-state index < -0.39 is 12.2 Å². The van der Waals surface area contributed by atoms with Crippen LogP contribution in [0.1, 0.15) is 26.7 Å². The molecule has 0 unspecified atom stereocenters. The van der Waals surface area contributed by atoms with Gasteiger partial charge in [-0.25, -0.2) is 9.59 Å². The smallest absolute Gasteiger partial charge is 0.407 e. The maximum absolute atomic E-state index is 10.9. The van der Waals surface area contributed by atoms with Crippen molar-refractivity contribution >= 4 is 12.2 Å². The van der Waals surface area contributed by atoms with Crippen molar-refractivity contribution in [1.29, 1.82) is 0 Å². The van der Waals surface area contributed by atoms with Crippen molar-refractivity contribution in [2.75, 3.05) is 26.3 Å². The first-order chi connectivity index (χ1) is 7.70. The molecule has 0 aliphatic carbocycles. The predicted octanol–water partition coefficient (Wildman–Crippen LogP) is 1.26. The molecule has 0 aromatic rings. The van der Waals surface area contributed by atoms with Gasteiger partial charge in [0, 0.05) is 13.1 Å². The van der Waals surface area contributed by atoms with E-state index in [-0.39, 0.29) is 13.2 Å². The molecule has 2 N–H and O–H groups in total. The summed E-state index contributed by atoms with van der Waals surface area (Å²) in [7, 11) is 0. The number of alkyl carbamates (subject to hydrolysis) is 2. The van der Waals surface area contributed by atoms with Crippen LogP contribution in [0, 0.1) is 0 Å². The molecular weight excluding hydrogens is 212 g/mol. The first kappa shape index (κ1) is 14.5. The van der Waals surface area contributed by atoms with Crippen molar-refractivity contribution in [2.24, 2.45) is 0 Å². The summed E-state index contributed by atoms with van der Waals surface area (Å²) < 4.78 is 9.49. The van der Waals surface area contributed by atoms with E-state index in [9.17, 15) is 9.59 Å². The minimum absolute atomic E-state index is 0.0646. The third-order valence-corrected chi connectivity index (χ3v) is 1.59. The Morgan fingerprint density at radius 2 is 1.25 bits per heavy atom. The first-order valence-electron chi connectivity index (χ1n) is 5.52. The van der Waals surface area contributed by atoms with Crippen LogP contribution in [-0.4, -0.2) is 38.5 Å². The van der Waals surface area contributed by atoms with Gasteiger partial charge in [-0.05, 0) is 12.8 Å². The minimum atomic E-state index is -0.487. The molecule has 0 aromatic heterocycles. The Kier molecular flexibility index (Phi) is 9.15. The van der Waals surface area contributed by atoms with Gasteiger partial charge in [0.05, 0.1) is 0 Å². The Labute approximate surface area is 95.7 Å². The predicted molar refractivity (Wildman–Crippen MR) is 59.3 cm³/mol. The molecule has 0 fully saturated rings. The number of ether oxygens (including phenoxy) is 2. The van der Waals surface area contributed by atoms with Crippen LogP contribution in [0.3, 0.4) is 0 Å². The van der Waals surface area contributed by atoms with Crippen LogP contribution in [0.2, 0.25) is 0 Å². The van der Waals surface area contributed by atoms with Gasteiger partial charge < -0.3 is 20.1 Å². The summed E-state index contributed by atoms with van der Waals surface area (Å²) in [6.45, 7) is 5.18. The number of carbonyl (C=O) groups is 2. The summed E-state index contributed by atoms with van der Waals surface area (Å²) in [4.78, 5) is 21.9. The molecule has 0 saturated carbocycles. The third-order valence-electron chi connectivity index (χ3n) is 1.59. The molecule has 0 spiro atoms. The van der Waals surface area contributed by atoms with Gasteiger partial charge in [-0.3, -0.25) is 0 Å². The summed E-state index contributed by atoms with van der Waals surface area (Å²) in [6.07, 6.45) is 0.731. The van der Waals surface area contributed by atoms with Gasteiger partial charge in [0.1, 0.15) is 13.2 Å². The number of hydrogen-bond donors (Lipinski definition) is 2. The molecule has 0 aliphatic rings. The molecule has 6 nitrogen and oxygen atoms in total. The highest BCUT2D eigenvalue weighted by atomic mass is 16.6. The molecule has 0 aliphatic heterocycles. The summed E-state index contributed by atoms with van der Waals surface area (Å²) >= 11 is 0. The zero-order valence-corrected chi connectivity index (χ0v) is 9.88. The SMILES string of the molecule is CCCNC(=O)OCCOC(=O)NCCC. The van der Waals surface area contributed by atoms with Gasteiger partial charge in [-0.1, -0.05) is 13.8 Å². The molecule has 0 rings (SSSR count). The van der Waals surface area contributed by atoms with Crippen molar-refractivity contribution in [3.05, 3.63) is 0 Å². The van der Waals surface area contributed by atoms with Gasteiger partial charge in [0.2, 0.25) is 0 Å². The summed E-state index contributed by atoms with van der Waals surface area (Å²) in [5, 5.41) is 5.07. The summed E-state index contributed by atoms with van der Waals surface area (Å²) in [6, 6.07) is 0. The number of hydrogen-bond acceptors (Lipinski definition) is 4. The highest BCUT2D eigenvalue weighted by Crippen LogP contribution is 1.83. The van der Waals surface area contributed by atoms with Crippen LogP contribution in [0.5, 0.6) is 0 Å². The standard InChI is InChI=1S/C10H20N2O4/c1-3-5-11-9(13)15-7-8-16-10(14)12-6-4-2/h3-8H2,1-2H3,(H,11,13)(H,12,14). The molecule has 2 amide bonds. The van der Waals surface area contributed by atoms with Crippen molar-refractivity contribution in [3.63, 3.8) is 0 Å². The number of carbonyl (C=O) groups excluding carboxylic acids is 2. The van der Waals surface area contributed by atoms with E-state index in [2.05, 4.69) is 10.6 Å². The minimum Gasteiger partial charge on any atom is -0.446 e. The second kappa shape index (κ2) is 10.1. The zero-order valence-electron chi connectivity index (χ0n) is 9.88. The van der Waals surface area contributed by atoms with E-state index in [1.807, 2.05) is 13.8 Å². The maximum Gasteiger partial charge on any atom is 0.407 e. The molecule has 0 saturated heterocycles. The molecule has 0 radical (unpaired) electrons. The Morgan fingerprint density at radius 3 is 1.56 bits per heavy atom. The topological polar surface area (TPSA) is 76.7 Å². The molecule has 0 atom stereocenters. The second-order valence-corrected chi connectivity index (χ2v) is 3.13. The van der Waals surface area contributed by atoms with Gasteiger partial charge >= 0.3 is 12.2 Å². The van der Waals surface area contributed by atoms with Crippen LogP contribution in [0.15, 0.2) is 0 Å². The molecule has 16 heavy (non-hydrogen) atoms. The molecule has 0 bridgehead atoms. The number of nitrogens with one attached hydrogen (secondary N) is 2. The normalized spacial score (nSPS) is 9.38. The largest absolute Gasteiger partial charge is 0.446 e. The van der Waals surface area contributed by atoms with E-state index in [4.69, 9.17) is 9.47 Å². The molecule has 0 heterocycles. The van der Waals surface area contributed by atoms with Crippen LogP contribution < -0.4 is 10.6 Å². The highest BCUT2D eigenvalue weighted by molar-refractivity contribution is 5.67. The molecular formula is C10H20N2O4. The highest BCUT2D eigenvalue weighted by Gasteiger charge is 2.02. The quantitative estimate of drug-likeness (QED) is 0.648. The van der Waals surface area contributed by atoms with E-state index in [0.29, 0.717) is 13.1 Å². The summed E-state index contributed by atoms with van der Waals surface area (Å²) in [5.41, 5.74) is 0. The lowest BCUT2D eigenvalue weighted by Crippen LogP contribution is -2.29. The van der Waals surface area contributed by atoms with E-state index >= 15 is 0 Å². The van der Waals surface area contributed by atoms with Crippen LogP contribution in [0.4, 0.5) is 9.59 Å². The van der Waals surface area contributed by atoms with Gasteiger partial charge in [-0.15, -0.1) is 0 Å². The van der Waals surface area contributed by atoms with Crippen LogP contribution in [-0.2, 0) is 9.47 Å². The maximum atomic E-state index is 10.9. The van der Waals surface area contributed by atoms with Crippen molar-refractivity contribution in [2.45, 2.75) is 26.7 Å². The van der Waals surface area contributed by atoms with Crippen LogP contribution in [0.25, 0.3) is 0 Å². The Morgan fingerprint density at radius 1 is 0.875 bits per heavy atom. The van der Waals surface area contributed by atoms with Crippen molar-refractivity contribution in [3.8, 4) is 0 Å². The zero-order chi connectivity index (χ0) is 12.2. The monoisotopic (exact) mass is 232 g/mol. The van der Waals surface area contributed by atoms with Gasteiger partial charge in [0.25, 0.3) is 0 Å². The Bertz CT molecular complexity index is 187. The van der Waals surface area contributed by atoms with E-state index in [1.54, 1.807) is 0 Å².